The molecule has 1 N–H and O–H groups in total. The molecule has 3 aromatic heterocycles. The smallest absolute Gasteiger partial charge is 0.225 e. The number of aromatic nitrogens is 3. The summed E-state index contributed by atoms with van der Waals surface area (Å²) in [5.74, 6) is 1.71. The Labute approximate surface area is 184 Å². The monoisotopic (exact) mass is 436 g/mol. The number of hydrogen-bond donors (Lipinski definition) is 1. The van der Waals surface area contributed by atoms with Crippen LogP contribution in [0.5, 0.6) is 0 Å². The van der Waals surface area contributed by atoms with E-state index in [1.54, 1.807) is 29.7 Å². The lowest BCUT2D eigenvalue weighted by atomic mass is 9.87. The minimum Gasteiger partial charge on any atom is -0.383 e. The van der Waals surface area contributed by atoms with Crippen LogP contribution in [0.4, 0.5) is 11.6 Å². The van der Waals surface area contributed by atoms with Crippen LogP contribution in [0.15, 0.2) is 23.6 Å². The Kier molecular flexibility index (Phi) is 5.37. The third kappa shape index (κ3) is 3.79. The van der Waals surface area contributed by atoms with Gasteiger partial charge >= 0.3 is 0 Å². The van der Waals surface area contributed by atoms with Gasteiger partial charge in [-0.3, -0.25) is 9.79 Å². The first-order valence-electron chi connectivity index (χ1n) is 10.4. The zero-order valence-corrected chi connectivity index (χ0v) is 18.4. The number of pyridine rings is 1. The number of likely N-dealkylation sites (N-methyl/N-ethyl adjacent to an activating group) is 1. The van der Waals surface area contributed by atoms with Crippen molar-refractivity contribution in [3.8, 4) is 0 Å². The van der Waals surface area contributed by atoms with Gasteiger partial charge in [-0.05, 0) is 30.9 Å². The predicted octanol–water partition coefficient (Wildman–Crippen LogP) is 2.97. The van der Waals surface area contributed by atoms with Crippen LogP contribution in [0.2, 0.25) is 0 Å². The highest BCUT2D eigenvalue weighted by atomic mass is 32.1. The number of thiophene rings is 1. The van der Waals surface area contributed by atoms with Crippen molar-refractivity contribution in [1.29, 1.82) is 0 Å². The largest absolute Gasteiger partial charge is 0.383 e. The molecule has 5 rings (SSSR count). The number of carbonyl (C=O) groups excluding carboxylic acids is 1. The molecule has 1 aliphatic carbocycles. The molecule has 4 heterocycles. The number of carbonyl (C=O) groups is 1. The molecule has 1 aliphatic heterocycles. The Morgan fingerprint density at radius 1 is 1.35 bits per heavy atom. The van der Waals surface area contributed by atoms with Gasteiger partial charge < -0.3 is 15.0 Å². The van der Waals surface area contributed by atoms with E-state index < -0.39 is 0 Å². The molecule has 2 aliphatic rings. The van der Waals surface area contributed by atoms with Crippen molar-refractivity contribution in [1.82, 2.24) is 19.9 Å². The summed E-state index contributed by atoms with van der Waals surface area (Å²) in [5.41, 5.74) is 3.49. The van der Waals surface area contributed by atoms with Crippen LogP contribution in [-0.2, 0) is 28.9 Å². The molecule has 0 aromatic carbocycles. The van der Waals surface area contributed by atoms with Crippen molar-refractivity contribution >= 4 is 45.3 Å². The van der Waals surface area contributed by atoms with Gasteiger partial charge in [0.2, 0.25) is 5.91 Å². The molecule has 0 spiro atoms. The lowest BCUT2D eigenvalue weighted by Crippen LogP contribution is -2.37. The normalized spacial score (nSPS) is 16.9. The first kappa shape index (κ1) is 20.0. The van der Waals surface area contributed by atoms with E-state index in [2.05, 4.69) is 25.3 Å². The van der Waals surface area contributed by atoms with Crippen LogP contribution in [0.25, 0.3) is 10.2 Å². The van der Waals surface area contributed by atoms with Gasteiger partial charge in [-0.15, -0.1) is 11.3 Å². The third-order valence-corrected chi connectivity index (χ3v) is 7.12. The minimum atomic E-state index is 0.00412. The van der Waals surface area contributed by atoms with E-state index in [9.17, 15) is 4.79 Å². The second-order valence-corrected chi connectivity index (χ2v) is 9.05. The Hall–Kier alpha value is -2.91. The lowest BCUT2D eigenvalue weighted by molar-refractivity contribution is -0.135. The Bertz CT molecular complexity index is 1170. The molecule has 0 saturated carbocycles. The van der Waals surface area contributed by atoms with Crippen LogP contribution in [-0.4, -0.2) is 59.3 Å². The van der Waals surface area contributed by atoms with Crippen LogP contribution in [0.1, 0.15) is 28.0 Å². The van der Waals surface area contributed by atoms with Gasteiger partial charge in [-0.25, -0.2) is 15.0 Å². The summed E-state index contributed by atoms with van der Waals surface area (Å²) in [6.07, 6.45) is 7.75. The number of aryl methyl sites for hydroxylation is 1. The highest BCUT2D eigenvalue weighted by Crippen LogP contribution is 2.40. The molecule has 160 valence electrons. The SMILES string of the molecule is COCCN(C)C(=O)[C@H]1CCc2c(sc3ncnc(Nc4cc5c(cn4)CN=C5)c23)C1. The van der Waals surface area contributed by atoms with E-state index in [1.165, 1.54) is 10.4 Å². The number of ether oxygens (including phenoxy) is 1. The Morgan fingerprint density at radius 3 is 3.13 bits per heavy atom. The summed E-state index contributed by atoms with van der Waals surface area (Å²) in [6.45, 7) is 1.86. The maximum atomic E-state index is 12.8. The fourth-order valence-corrected chi connectivity index (χ4v) is 5.52. The van der Waals surface area contributed by atoms with Gasteiger partial charge in [0.15, 0.2) is 0 Å². The summed E-state index contributed by atoms with van der Waals surface area (Å²) in [5, 5.41) is 4.43. The number of anilines is 2. The highest BCUT2D eigenvalue weighted by Gasteiger charge is 2.30. The van der Waals surface area contributed by atoms with Gasteiger partial charge in [-0.2, -0.15) is 0 Å². The van der Waals surface area contributed by atoms with Crippen LogP contribution in [0, 0.1) is 5.92 Å². The molecule has 0 unspecified atom stereocenters. The number of fused-ring (bicyclic) bond motifs is 4. The first-order chi connectivity index (χ1) is 15.1. The van der Waals surface area contributed by atoms with Crippen LogP contribution in [0.3, 0.4) is 0 Å². The van der Waals surface area contributed by atoms with E-state index in [0.717, 1.165) is 52.2 Å². The van der Waals surface area contributed by atoms with Crippen molar-refractivity contribution in [2.75, 3.05) is 32.6 Å². The predicted molar refractivity (Wildman–Crippen MR) is 121 cm³/mol. The number of rotatable bonds is 6. The van der Waals surface area contributed by atoms with E-state index in [1.807, 2.05) is 25.5 Å². The molecule has 0 fully saturated rings. The fourth-order valence-electron chi connectivity index (χ4n) is 4.25. The molecule has 8 nitrogen and oxygen atoms in total. The van der Waals surface area contributed by atoms with E-state index in [-0.39, 0.29) is 11.8 Å². The summed E-state index contributed by atoms with van der Waals surface area (Å²) in [4.78, 5) is 34.6. The van der Waals surface area contributed by atoms with Crippen molar-refractivity contribution < 1.29 is 9.53 Å². The third-order valence-electron chi connectivity index (χ3n) is 5.96. The van der Waals surface area contributed by atoms with E-state index >= 15 is 0 Å². The van der Waals surface area contributed by atoms with Crippen molar-refractivity contribution in [2.45, 2.75) is 25.8 Å². The second-order valence-electron chi connectivity index (χ2n) is 7.96. The molecule has 0 radical (unpaired) electrons. The average molecular weight is 437 g/mol. The molecule has 3 aromatic rings. The molecular formula is C22H24N6O2S. The topological polar surface area (TPSA) is 92.6 Å². The van der Waals surface area contributed by atoms with Gasteiger partial charge in [0, 0.05) is 55.0 Å². The molecule has 31 heavy (non-hydrogen) atoms. The summed E-state index contributed by atoms with van der Waals surface area (Å²) >= 11 is 1.67. The second kappa shape index (κ2) is 8.32. The number of amides is 1. The summed E-state index contributed by atoms with van der Waals surface area (Å²) in [6, 6.07) is 2.00. The highest BCUT2D eigenvalue weighted by molar-refractivity contribution is 7.19. The number of nitrogens with one attached hydrogen (secondary N) is 1. The fraction of sp³-hybridized carbons (Fsp3) is 0.409. The molecule has 1 atom stereocenters. The van der Waals surface area contributed by atoms with Crippen molar-refractivity contribution in [3.63, 3.8) is 0 Å². The van der Waals surface area contributed by atoms with Gasteiger partial charge in [0.05, 0.1) is 18.5 Å². The standard InChI is InChI=1S/C22H24N6O2S/c1-28(5-6-30-2)22(29)13-3-4-16-17(7-13)31-21-19(16)20(25-12-26-21)27-18-8-14-9-23-10-15(14)11-24-18/h8-9,11-13H,3-7,10H2,1-2H3,(H,24,25,26,27)/t13-/m0/s1. The van der Waals surface area contributed by atoms with Gasteiger partial charge in [0.25, 0.3) is 0 Å². The van der Waals surface area contributed by atoms with E-state index in [0.29, 0.717) is 19.7 Å². The summed E-state index contributed by atoms with van der Waals surface area (Å²) < 4.78 is 5.11. The number of hydrogen-bond acceptors (Lipinski definition) is 8. The van der Waals surface area contributed by atoms with Crippen LogP contribution >= 0.6 is 11.3 Å². The maximum absolute atomic E-state index is 12.8. The maximum Gasteiger partial charge on any atom is 0.225 e. The molecule has 0 saturated heterocycles. The Balaban J connectivity index is 1.41. The molecule has 1 amide bonds. The van der Waals surface area contributed by atoms with Crippen molar-refractivity contribution in [3.05, 3.63) is 40.2 Å². The minimum absolute atomic E-state index is 0.00412. The van der Waals surface area contributed by atoms with Gasteiger partial charge in [-0.1, -0.05) is 0 Å². The molecular weight excluding hydrogens is 412 g/mol. The van der Waals surface area contributed by atoms with E-state index in [4.69, 9.17) is 4.74 Å². The molecule has 9 heteroatoms. The van der Waals surface area contributed by atoms with Gasteiger partial charge in [0.1, 0.15) is 22.8 Å². The number of nitrogens with zero attached hydrogens (tertiary/aromatic N) is 5. The lowest BCUT2D eigenvalue weighted by Gasteiger charge is -2.26. The number of aliphatic imine (C=N–C) groups is 1. The molecule has 0 bridgehead atoms. The zero-order chi connectivity index (χ0) is 21.4. The quantitative estimate of drug-likeness (QED) is 0.639. The van der Waals surface area contributed by atoms with Crippen LogP contribution < -0.4 is 5.32 Å². The average Bonchev–Trinajstić information content (AvgIpc) is 3.40. The summed E-state index contributed by atoms with van der Waals surface area (Å²) in [7, 11) is 3.50. The Morgan fingerprint density at radius 2 is 2.26 bits per heavy atom. The zero-order valence-electron chi connectivity index (χ0n) is 17.6. The van der Waals surface area contributed by atoms with Crippen molar-refractivity contribution in [2.24, 2.45) is 10.9 Å². The first-order valence-corrected chi connectivity index (χ1v) is 11.2. The number of methoxy groups -OCH3 is 1.